The van der Waals surface area contributed by atoms with E-state index in [0.29, 0.717) is 0 Å². The zero-order valence-corrected chi connectivity index (χ0v) is 16.9. The molecule has 1 aromatic carbocycles. The first-order valence-electron chi connectivity index (χ1n) is 9.89. The zero-order chi connectivity index (χ0) is 20.9. The molecule has 3 N–H and O–H groups in total. The topological polar surface area (TPSA) is 105 Å². The van der Waals surface area contributed by atoms with E-state index >= 15 is 0 Å². The minimum Gasteiger partial charge on any atom is -0.394 e. The maximum atomic E-state index is 13.0. The predicted octanol–water partition coefficient (Wildman–Crippen LogP) is 1.63. The molecule has 3 atom stereocenters. The van der Waals surface area contributed by atoms with E-state index in [0.717, 1.165) is 49.9 Å². The van der Waals surface area contributed by atoms with Crippen molar-refractivity contribution in [3.8, 4) is 0 Å². The van der Waals surface area contributed by atoms with Gasteiger partial charge in [0.05, 0.1) is 30.1 Å². The number of amides is 1. The molecule has 0 bridgehead atoms. The molecule has 1 saturated carbocycles. The molecule has 0 unspecified atom stereocenters. The molecular weight excluding hydrogens is 399 g/mol. The van der Waals surface area contributed by atoms with Crippen LogP contribution in [0, 0.1) is 5.82 Å². The normalized spacial score (nSPS) is 25.7. The van der Waals surface area contributed by atoms with E-state index in [2.05, 4.69) is 10.0 Å². The first kappa shape index (κ1) is 21.9. The van der Waals surface area contributed by atoms with E-state index < -0.39 is 40.7 Å². The lowest BCUT2D eigenvalue weighted by Crippen LogP contribution is -2.49. The highest BCUT2D eigenvalue weighted by atomic mass is 32.2. The maximum Gasteiger partial charge on any atom is 0.241 e. The molecule has 9 heteroatoms. The molecule has 2 aliphatic rings. The Hall–Kier alpha value is -1.81. The van der Waals surface area contributed by atoms with Gasteiger partial charge >= 0.3 is 0 Å². The second-order valence-electron chi connectivity index (χ2n) is 7.49. The predicted molar refractivity (Wildman–Crippen MR) is 105 cm³/mol. The SMILES string of the molecule is O=C(C[C@H]1C=C[C@H](NS(=O)(=O)c2ccc(F)cc2)[C@@H](CO)O1)NC1CCCCC1. The third-order valence-electron chi connectivity index (χ3n) is 5.24. The molecule has 29 heavy (non-hydrogen) atoms. The van der Waals surface area contributed by atoms with Gasteiger partial charge in [0.2, 0.25) is 15.9 Å². The summed E-state index contributed by atoms with van der Waals surface area (Å²) in [6.07, 6.45) is 7.37. The van der Waals surface area contributed by atoms with Gasteiger partial charge in [-0.05, 0) is 37.1 Å². The van der Waals surface area contributed by atoms with Crippen LogP contribution in [0.2, 0.25) is 0 Å². The van der Waals surface area contributed by atoms with E-state index in [-0.39, 0.29) is 23.3 Å². The number of halogens is 1. The summed E-state index contributed by atoms with van der Waals surface area (Å²) < 4.78 is 46.2. The number of rotatable bonds is 7. The fourth-order valence-corrected chi connectivity index (χ4v) is 4.91. The second kappa shape index (κ2) is 9.80. The summed E-state index contributed by atoms with van der Waals surface area (Å²) in [7, 11) is -3.92. The minimum atomic E-state index is -3.92. The lowest BCUT2D eigenvalue weighted by molar-refractivity contribution is -0.126. The van der Waals surface area contributed by atoms with Crippen molar-refractivity contribution in [2.45, 2.75) is 67.7 Å². The summed E-state index contributed by atoms with van der Waals surface area (Å²) in [5.41, 5.74) is 0. The Bertz CT molecular complexity index is 822. The number of nitrogens with one attached hydrogen (secondary N) is 2. The maximum absolute atomic E-state index is 13.0. The van der Waals surface area contributed by atoms with Crippen molar-refractivity contribution in [3.05, 3.63) is 42.2 Å². The number of ether oxygens (including phenoxy) is 1. The Morgan fingerprint density at radius 2 is 1.83 bits per heavy atom. The average Bonchev–Trinajstić information content (AvgIpc) is 2.70. The molecule has 1 heterocycles. The zero-order valence-electron chi connectivity index (χ0n) is 16.1. The number of carbonyl (C=O) groups excluding carboxylic acids is 1. The van der Waals surface area contributed by atoms with E-state index in [1.807, 2.05) is 0 Å². The Balaban J connectivity index is 1.59. The van der Waals surface area contributed by atoms with Crippen molar-refractivity contribution < 1.29 is 27.4 Å². The summed E-state index contributed by atoms with van der Waals surface area (Å²) in [4.78, 5) is 12.2. The standard InChI is InChI=1S/C20H27FN2O5S/c21-14-6-9-17(10-7-14)29(26,27)23-18-11-8-16(28-19(18)13-24)12-20(25)22-15-4-2-1-3-5-15/h6-11,15-16,18-19,23-24H,1-5,12-13H2,(H,22,25)/t16-,18+,19-/m1/s1. The summed E-state index contributed by atoms with van der Waals surface area (Å²) in [6.45, 7) is -0.415. The van der Waals surface area contributed by atoms with E-state index in [1.165, 1.54) is 6.42 Å². The van der Waals surface area contributed by atoms with Crippen LogP contribution in [0.4, 0.5) is 4.39 Å². The van der Waals surface area contributed by atoms with Gasteiger partial charge in [0, 0.05) is 6.04 Å². The van der Waals surface area contributed by atoms with Crippen molar-refractivity contribution in [1.82, 2.24) is 10.0 Å². The smallest absolute Gasteiger partial charge is 0.241 e. The number of hydrogen-bond donors (Lipinski definition) is 3. The van der Waals surface area contributed by atoms with Gasteiger partial charge in [0.25, 0.3) is 0 Å². The first-order chi connectivity index (χ1) is 13.9. The highest BCUT2D eigenvalue weighted by Crippen LogP contribution is 2.20. The molecule has 160 valence electrons. The van der Waals surface area contributed by atoms with Crippen LogP contribution in [0.5, 0.6) is 0 Å². The largest absolute Gasteiger partial charge is 0.394 e. The molecule has 0 radical (unpaired) electrons. The minimum absolute atomic E-state index is 0.0852. The van der Waals surface area contributed by atoms with Gasteiger partial charge in [-0.25, -0.2) is 17.5 Å². The van der Waals surface area contributed by atoms with Gasteiger partial charge in [0.15, 0.2) is 0 Å². The Morgan fingerprint density at radius 3 is 2.48 bits per heavy atom. The van der Waals surface area contributed by atoms with Crippen LogP contribution in [-0.2, 0) is 19.6 Å². The molecule has 0 spiro atoms. The van der Waals surface area contributed by atoms with Crippen molar-refractivity contribution >= 4 is 15.9 Å². The van der Waals surface area contributed by atoms with E-state index in [4.69, 9.17) is 4.74 Å². The monoisotopic (exact) mass is 426 g/mol. The van der Waals surface area contributed by atoms with Crippen LogP contribution in [0.3, 0.4) is 0 Å². The fraction of sp³-hybridized carbons (Fsp3) is 0.550. The van der Waals surface area contributed by atoms with Crippen molar-refractivity contribution in [2.24, 2.45) is 0 Å². The number of aliphatic hydroxyl groups excluding tert-OH is 1. The van der Waals surface area contributed by atoms with Crippen LogP contribution in [0.1, 0.15) is 38.5 Å². The lowest BCUT2D eigenvalue weighted by Gasteiger charge is -2.32. The Morgan fingerprint density at radius 1 is 1.14 bits per heavy atom. The number of carbonyl (C=O) groups is 1. The summed E-state index contributed by atoms with van der Waals surface area (Å²) in [5, 5.41) is 12.7. The Labute approximate surface area is 170 Å². The fourth-order valence-electron chi connectivity index (χ4n) is 3.69. The molecule has 7 nitrogen and oxygen atoms in total. The van der Waals surface area contributed by atoms with Gasteiger partial charge in [0.1, 0.15) is 11.9 Å². The summed E-state index contributed by atoms with van der Waals surface area (Å²) in [5.74, 6) is -0.652. The number of benzene rings is 1. The third-order valence-corrected chi connectivity index (χ3v) is 6.71. The van der Waals surface area contributed by atoms with Crippen LogP contribution in [0.25, 0.3) is 0 Å². The quantitative estimate of drug-likeness (QED) is 0.575. The van der Waals surface area contributed by atoms with Gasteiger partial charge in [-0.3, -0.25) is 4.79 Å². The van der Waals surface area contributed by atoms with Crippen LogP contribution in [-0.4, -0.2) is 50.3 Å². The highest BCUT2D eigenvalue weighted by Gasteiger charge is 2.31. The molecule has 1 aliphatic carbocycles. The van der Waals surface area contributed by atoms with Crippen molar-refractivity contribution in [1.29, 1.82) is 0 Å². The Kier molecular flexibility index (Phi) is 7.39. The van der Waals surface area contributed by atoms with E-state index in [1.54, 1.807) is 12.2 Å². The van der Waals surface area contributed by atoms with E-state index in [9.17, 15) is 22.7 Å². The highest BCUT2D eigenvalue weighted by molar-refractivity contribution is 7.89. The van der Waals surface area contributed by atoms with Crippen LogP contribution >= 0.6 is 0 Å². The molecule has 1 amide bonds. The molecular formula is C20H27FN2O5S. The van der Waals surface area contributed by atoms with Gasteiger partial charge in [-0.15, -0.1) is 0 Å². The lowest BCUT2D eigenvalue weighted by atomic mass is 9.95. The molecule has 0 saturated heterocycles. The molecule has 3 rings (SSSR count). The number of sulfonamides is 1. The van der Waals surface area contributed by atoms with Crippen LogP contribution in [0.15, 0.2) is 41.3 Å². The number of hydrogen-bond acceptors (Lipinski definition) is 5. The van der Waals surface area contributed by atoms with Crippen molar-refractivity contribution in [3.63, 3.8) is 0 Å². The number of aliphatic hydroxyl groups is 1. The third kappa shape index (κ3) is 6.08. The summed E-state index contributed by atoms with van der Waals surface area (Å²) >= 11 is 0. The molecule has 1 aromatic rings. The van der Waals surface area contributed by atoms with Gasteiger partial charge < -0.3 is 15.2 Å². The molecule has 1 fully saturated rings. The molecule has 0 aromatic heterocycles. The van der Waals surface area contributed by atoms with Gasteiger partial charge in [-0.2, -0.15) is 0 Å². The molecule has 1 aliphatic heterocycles. The van der Waals surface area contributed by atoms with Crippen LogP contribution < -0.4 is 10.0 Å². The average molecular weight is 427 g/mol. The first-order valence-corrected chi connectivity index (χ1v) is 11.4. The van der Waals surface area contributed by atoms with Crippen molar-refractivity contribution in [2.75, 3.05) is 6.61 Å². The summed E-state index contributed by atoms with van der Waals surface area (Å²) in [6, 6.07) is 3.85. The second-order valence-corrected chi connectivity index (χ2v) is 9.20. The van der Waals surface area contributed by atoms with Gasteiger partial charge in [-0.1, -0.05) is 31.4 Å².